The number of nitrogens with zero attached hydrogens (tertiary/aromatic N) is 1. The number of ether oxygens (including phenoxy) is 1. The van der Waals surface area contributed by atoms with Crippen LogP contribution < -0.4 is 5.32 Å². The Labute approximate surface area is 89.5 Å². The van der Waals surface area contributed by atoms with Gasteiger partial charge in [0.25, 0.3) is 0 Å². The molecule has 1 rings (SSSR count). The van der Waals surface area contributed by atoms with Crippen LogP contribution in [0.25, 0.3) is 0 Å². The number of hydrogen-bond acceptors (Lipinski definition) is 4. The van der Waals surface area contributed by atoms with Crippen LogP contribution >= 0.6 is 11.3 Å². The molecule has 0 saturated carbocycles. The van der Waals surface area contributed by atoms with Gasteiger partial charge in [0.2, 0.25) is 0 Å². The summed E-state index contributed by atoms with van der Waals surface area (Å²) in [6.45, 7) is 7.65. The largest absolute Gasteiger partial charge is 0.375 e. The lowest BCUT2D eigenvalue weighted by Crippen LogP contribution is -2.20. The van der Waals surface area contributed by atoms with E-state index in [1.165, 1.54) is 11.3 Å². The number of aromatic nitrogens is 1. The second kappa shape index (κ2) is 6.92. The molecule has 0 aliphatic carbocycles. The molecule has 0 unspecified atom stereocenters. The smallest absolute Gasteiger partial charge is 0.0897 e. The van der Waals surface area contributed by atoms with Crippen LogP contribution in [0.15, 0.2) is 6.20 Å². The Hall–Kier alpha value is -0.450. The molecular formula is C10H18N2OS. The van der Waals surface area contributed by atoms with Crippen molar-refractivity contribution < 1.29 is 4.74 Å². The standard InChI is InChI=1S/C10H18N2OS/c1-3-4-11-5-6-13-8-10-7-12-9(2)14-10/h7,11H,3-6,8H2,1-2H3. The number of rotatable bonds is 7. The molecule has 1 aromatic heterocycles. The lowest BCUT2D eigenvalue weighted by molar-refractivity contribution is 0.125. The molecule has 0 fully saturated rings. The Balaban J connectivity index is 1.99. The lowest BCUT2D eigenvalue weighted by Gasteiger charge is -2.03. The molecule has 1 aromatic rings. The van der Waals surface area contributed by atoms with Gasteiger partial charge in [-0.1, -0.05) is 6.92 Å². The zero-order chi connectivity index (χ0) is 10.2. The van der Waals surface area contributed by atoms with Gasteiger partial charge >= 0.3 is 0 Å². The van der Waals surface area contributed by atoms with Crippen molar-refractivity contribution in [2.45, 2.75) is 26.9 Å². The Bertz CT molecular complexity index is 250. The molecule has 0 aromatic carbocycles. The van der Waals surface area contributed by atoms with E-state index in [2.05, 4.69) is 17.2 Å². The molecule has 0 aliphatic heterocycles. The van der Waals surface area contributed by atoms with Crippen molar-refractivity contribution in [2.24, 2.45) is 0 Å². The maximum atomic E-state index is 5.49. The maximum Gasteiger partial charge on any atom is 0.0897 e. The summed E-state index contributed by atoms with van der Waals surface area (Å²) in [5.41, 5.74) is 0. The highest BCUT2D eigenvalue weighted by Crippen LogP contribution is 2.11. The van der Waals surface area contributed by atoms with E-state index in [1.54, 1.807) is 11.3 Å². The fraction of sp³-hybridized carbons (Fsp3) is 0.700. The molecule has 0 spiro atoms. The van der Waals surface area contributed by atoms with E-state index in [9.17, 15) is 0 Å². The molecule has 0 amide bonds. The van der Waals surface area contributed by atoms with E-state index < -0.39 is 0 Å². The molecule has 14 heavy (non-hydrogen) atoms. The third kappa shape index (κ3) is 4.69. The van der Waals surface area contributed by atoms with E-state index in [1.807, 2.05) is 13.1 Å². The lowest BCUT2D eigenvalue weighted by atomic mass is 10.5. The van der Waals surface area contributed by atoms with E-state index in [0.717, 1.165) is 24.7 Å². The van der Waals surface area contributed by atoms with E-state index in [4.69, 9.17) is 4.74 Å². The van der Waals surface area contributed by atoms with Gasteiger partial charge in [-0.05, 0) is 19.9 Å². The van der Waals surface area contributed by atoms with E-state index >= 15 is 0 Å². The van der Waals surface area contributed by atoms with Crippen LogP contribution in [0.2, 0.25) is 0 Å². The maximum absolute atomic E-state index is 5.49. The highest BCUT2D eigenvalue weighted by Gasteiger charge is 1.97. The van der Waals surface area contributed by atoms with Gasteiger partial charge in [-0.2, -0.15) is 0 Å². The zero-order valence-corrected chi connectivity index (χ0v) is 9.69. The van der Waals surface area contributed by atoms with Crippen LogP contribution in [0.5, 0.6) is 0 Å². The minimum Gasteiger partial charge on any atom is -0.375 e. The van der Waals surface area contributed by atoms with Crippen LogP contribution in [-0.2, 0) is 11.3 Å². The van der Waals surface area contributed by atoms with Crippen molar-refractivity contribution in [1.82, 2.24) is 10.3 Å². The van der Waals surface area contributed by atoms with Gasteiger partial charge in [-0.15, -0.1) is 11.3 Å². The molecular weight excluding hydrogens is 196 g/mol. The van der Waals surface area contributed by atoms with Crippen LogP contribution in [0, 0.1) is 6.92 Å². The molecule has 80 valence electrons. The predicted molar refractivity (Wildman–Crippen MR) is 59.7 cm³/mol. The van der Waals surface area contributed by atoms with Gasteiger partial charge in [0, 0.05) is 12.7 Å². The van der Waals surface area contributed by atoms with Gasteiger partial charge in [0.15, 0.2) is 0 Å². The van der Waals surface area contributed by atoms with E-state index in [-0.39, 0.29) is 0 Å². The fourth-order valence-corrected chi connectivity index (χ4v) is 1.82. The third-order valence-electron chi connectivity index (χ3n) is 1.76. The first-order chi connectivity index (χ1) is 6.83. The van der Waals surface area contributed by atoms with Gasteiger partial charge < -0.3 is 10.1 Å². The average Bonchev–Trinajstić information content (AvgIpc) is 2.58. The number of thiazole rings is 1. The number of aryl methyl sites for hydroxylation is 1. The second-order valence-corrected chi connectivity index (χ2v) is 4.47. The second-order valence-electron chi connectivity index (χ2n) is 3.15. The first-order valence-electron chi connectivity index (χ1n) is 5.02. The monoisotopic (exact) mass is 214 g/mol. The van der Waals surface area contributed by atoms with Gasteiger partial charge in [0.1, 0.15) is 0 Å². The minimum absolute atomic E-state index is 0.694. The van der Waals surface area contributed by atoms with Crippen molar-refractivity contribution in [1.29, 1.82) is 0 Å². The van der Waals surface area contributed by atoms with Crippen molar-refractivity contribution in [3.05, 3.63) is 16.1 Å². The van der Waals surface area contributed by atoms with Crippen LogP contribution in [-0.4, -0.2) is 24.7 Å². The van der Waals surface area contributed by atoms with Crippen molar-refractivity contribution in [3.8, 4) is 0 Å². The van der Waals surface area contributed by atoms with Crippen LogP contribution in [0.1, 0.15) is 23.2 Å². The molecule has 0 radical (unpaired) electrons. The normalized spacial score (nSPS) is 10.7. The summed E-state index contributed by atoms with van der Waals surface area (Å²) in [4.78, 5) is 5.37. The first-order valence-corrected chi connectivity index (χ1v) is 5.84. The van der Waals surface area contributed by atoms with E-state index in [0.29, 0.717) is 6.61 Å². The predicted octanol–water partition coefficient (Wildman–Crippen LogP) is 1.97. The van der Waals surface area contributed by atoms with Crippen molar-refractivity contribution in [2.75, 3.05) is 19.7 Å². The summed E-state index contributed by atoms with van der Waals surface area (Å²) < 4.78 is 5.49. The first kappa shape index (κ1) is 11.6. The summed E-state index contributed by atoms with van der Waals surface area (Å²) >= 11 is 1.70. The van der Waals surface area contributed by atoms with Crippen molar-refractivity contribution >= 4 is 11.3 Å². The molecule has 0 saturated heterocycles. The Kier molecular flexibility index (Phi) is 5.75. The van der Waals surface area contributed by atoms with Gasteiger partial charge in [-0.25, -0.2) is 4.98 Å². The minimum atomic E-state index is 0.694. The molecule has 0 atom stereocenters. The number of hydrogen-bond donors (Lipinski definition) is 1. The van der Waals surface area contributed by atoms with Gasteiger partial charge in [0.05, 0.1) is 23.1 Å². The third-order valence-corrected chi connectivity index (χ3v) is 2.65. The van der Waals surface area contributed by atoms with Crippen LogP contribution in [0.3, 0.4) is 0 Å². The molecule has 1 heterocycles. The molecule has 0 bridgehead atoms. The summed E-state index contributed by atoms with van der Waals surface area (Å²) in [5, 5.41) is 4.39. The molecule has 3 nitrogen and oxygen atoms in total. The quantitative estimate of drug-likeness (QED) is 0.705. The summed E-state index contributed by atoms with van der Waals surface area (Å²) in [6, 6.07) is 0. The summed E-state index contributed by atoms with van der Waals surface area (Å²) in [7, 11) is 0. The Morgan fingerprint density at radius 3 is 3.00 bits per heavy atom. The van der Waals surface area contributed by atoms with Crippen LogP contribution in [0.4, 0.5) is 0 Å². The topological polar surface area (TPSA) is 34.1 Å². The summed E-state index contributed by atoms with van der Waals surface area (Å²) in [5.74, 6) is 0. The summed E-state index contributed by atoms with van der Waals surface area (Å²) in [6.07, 6.45) is 3.06. The molecule has 0 aliphatic rings. The Morgan fingerprint density at radius 2 is 2.36 bits per heavy atom. The fourth-order valence-electron chi connectivity index (χ4n) is 1.09. The zero-order valence-electron chi connectivity index (χ0n) is 8.88. The SMILES string of the molecule is CCCNCCOCc1cnc(C)s1. The molecule has 4 heteroatoms. The van der Waals surface area contributed by atoms with Crippen molar-refractivity contribution in [3.63, 3.8) is 0 Å². The average molecular weight is 214 g/mol. The van der Waals surface area contributed by atoms with Gasteiger partial charge in [-0.3, -0.25) is 0 Å². The Morgan fingerprint density at radius 1 is 1.50 bits per heavy atom. The highest BCUT2D eigenvalue weighted by molar-refractivity contribution is 7.11. The molecule has 1 N–H and O–H groups in total. The number of nitrogens with one attached hydrogen (secondary N) is 1. The highest BCUT2D eigenvalue weighted by atomic mass is 32.1.